The Morgan fingerprint density at radius 1 is 1.33 bits per heavy atom. The number of carboxylic acid groups (broad SMARTS) is 1. The Morgan fingerprint density at radius 3 is 2.62 bits per heavy atom. The van der Waals surface area contributed by atoms with Gasteiger partial charge in [-0.2, -0.15) is 0 Å². The summed E-state index contributed by atoms with van der Waals surface area (Å²) >= 11 is 1.46. The molecule has 0 aromatic heterocycles. The van der Waals surface area contributed by atoms with Gasteiger partial charge in [0.25, 0.3) is 0 Å². The molecule has 0 spiro atoms. The Morgan fingerprint density at radius 2 is 2.00 bits per heavy atom. The topological polar surface area (TPSA) is 77.8 Å². The van der Waals surface area contributed by atoms with Crippen molar-refractivity contribution in [3.8, 4) is 0 Å². The highest BCUT2D eigenvalue weighted by Gasteiger charge is 2.38. The molecule has 114 valence electrons. The molecule has 6 heteroatoms. The second-order valence-corrected chi connectivity index (χ2v) is 6.25. The van der Waals surface area contributed by atoms with Gasteiger partial charge in [-0.15, -0.1) is 11.8 Å². The van der Waals surface area contributed by atoms with E-state index in [4.69, 9.17) is 5.11 Å². The number of hydrogen-bond donors (Lipinski definition) is 2. The number of hydrogen-bond acceptors (Lipinski definition) is 4. The lowest BCUT2D eigenvalue weighted by molar-refractivity contribution is -0.147. The third-order valence-electron chi connectivity index (χ3n) is 3.50. The molecule has 1 aromatic carbocycles. The van der Waals surface area contributed by atoms with E-state index in [1.54, 1.807) is 0 Å². The number of benzene rings is 1. The maximum absolute atomic E-state index is 12.1. The van der Waals surface area contributed by atoms with E-state index in [1.807, 2.05) is 31.2 Å². The average Bonchev–Trinajstić information content (AvgIpc) is 2.83. The molecule has 0 unspecified atom stereocenters. The van der Waals surface area contributed by atoms with Crippen molar-refractivity contribution in [3.63, 3.8) is 0 Å². The van der Waals surface area contributed by atoms with Gasteiger partial charge in [0.2, 0.25) is 5.91 Å². The Hall–Kier alpha value is -1.53. The van der Waals surface area contributed by atoms with Gasteiger partial charge in [0.15, 0.2) is 0 Å². The Labute approximate surface area is 128 Å². The standard InChI is InChI=1S/C15H19NO4S/c1-10-2-4-11(5-3-10)8-21-9-14(18)16-7-12(17)6-13(16)15(19)20/h2-5,12-13,17H,6-9H2,1H3,(H,19,20)/t12-,13-/m1/s1. The highest BCUT2D eigenvalue weighted by atomic mass is 32.2. The number of aliphatic hydroxyl groups excluding tert-OH is 1. The van der Waals surface area contributed by atoms with Crippen molar-refractivity contribution in [2.24, 2.45) is 0 Å². The van der Waals surface area contributed by atoms with E-state index in [1.165, 1.54) is 22.2 Å². The van der Waals surface area contributed by atoms with Crippen molar-refractivity contribution >= 4 is 23.6 Å². The molecule has 1 heterocycles. The molecule has 21 heavy (non-hydrogen) atoms. The zero-order chi connectivity index (χ0) is 15.4. The SMILES string of the molecule is Cc1ccc(CSCC(=O)N2C[C@H](O)C[C@@H]2C(=O)O)cc1. The number of thioether (sulfide) groups is 1. The van der Waals surface area contributed by atoms with Gasteiger partial charge in [-0.1, -0.05) is 29.8 Å². The quantitative estimate of drug-likeness (QED) is 0.856. The maximum Gasteiger partial charge on any atom is 0.326 e. The van der Waals surface area contributed by atoms with Crippen molar-refractivity contribution in [1.29, 1.82) is 0 Å². The number of amides is 1. The van der Waals surface area contributed by atoms with E-state index in [-0.39, 0.29) is 24.6 Å². The number of nitrogens with zero attached hydrogens (tertiary/aromatic N) is 1. The predicted octanol–water partition coefficient (Wildman–Crippen LogP) is 1.27. The fourth-order valence-corrected chi connectivity index (χ4v) is 3.22. The van der Waals surface area contributed by atoms with E-state index in [0.29, 0.717) is 5.75 Å². The number of carboxylic acids is 1. The molecule has 0 saturated carbocycles. The monoisotopic (exact) mass is 309 g/mol. The first-order chi connectivity index (χ1) is 9.97. The summed E-state index contributed by atoms with van der Waals surface area (Å²) in [6, 6.07) is 7.19. The molecule has 5 nitrogen and oxygen atoms in total. The molecule has 0 radical (unpaired) electrons. The van der Waals surface area contributed by atoms with Crippen LogP contribution in [0.15, 0.2) is 24.3 Å². The predicted molar refractivity (Wildman–Crippen MR) is 81.1 cm³/mol. The number of aryl methyl sites for hydroxylation is 1. The Bertz CT molecular complexity index is 517. The Balaban J connectivity index is 1.84. The highest BCUT2D eigenvalue weighted by Crippen LogP contribution is 2.20. The second kappa shape index (κ2) is 6.95. The van der Waals surface area contributed by atoms with Gasteiger partial charge in [0.05, 0.1) is 11.9 Å². The molecule has 2 rings (SSSR count). The van der Waals surface area contributed by atoms with Gasteiger partial charge < -0.3 is 15.1 Å². The van der Waals surface area contributed by atoms with E-state index >= 15 is 0 Å². The zero-order valence-electron chi connectivity index (χ0n) is 11.9. The van der Waals surface area contributed by atoms with Crippen LogP contribution < -0.4 is 0 Å². The molecular formula is C15H19NO4S. The molecule has 1 aliphatic heterocycles. The summed E-state index contributed by atoms with van der Waals surface area (Å²) in [7, 11) is 0. The van der Waals surface area contributed by atoms with Crippen molar-refractivity contribution in [3.05, 3.63) is 35.4 Å². The molecule has 1 aromatic rings. The molecule has 1 aliphatic rings. The van der Waals surface area contributed by atoms with Crippen LogP contribution >= 0.6 is 11.8 Å². The van der Waals surface area contributed by atoms with Crippen LogP contribution in [0, 0.1) is 6.92 Å². The molecule has 1 saturated heterocycles. The van der Waals surface area contributed by atoms with Crippen LogP contribution in [0.5, 0.6) is 0 Å². The molecule has 2 atom stereocenters. The van der Waals surface area contributed by atoms with E-state index in [9.17, 15) is 14.7 Å². The lowest BCUT2D eigenvalue weighted by atomic mass is 10.2. The van der Waals surface area contributed by atoms with Crippen LogP contribution in [0.3, 0.4) is 0 Å². The minimum atomic E-state index is -1.05. The van der Waals surface area contributed by atoms with Crippen LogP contribution in [-0.4, -0.2) is 51.4 Å². The van der Waals surface area contributed by atoms with Crippen LogP contribution in [-0.2, 0) is 15.3 Å². The number of carbonyl (C=O) groups is 2. The molecule has 1 fully saturated rings. The third-order valence-corrected chi connectivity index (χ3v) is 4.49. The van der Waals surface area contributed by atoms with E-state index < -0.39 is 18.1 Å². The minimum absolute atomic E-state index is 0.112. The van der Waals surface area contributed by atoms with Crippen molar-refractivity contribution in [1.82, 2.24) is 4.90 Å². The smallest absolute Gasteiger partial charge is 0.326 e. The molecule has 0 aliphatic carbocycles. The molecular weight excluding hydrogens is 290 g/mol. The summed E-state index contributed by atoms with van der Waals surface area (Å²) in [5, 5.41) is 18.6. The minimum Gasteiger partial charge on any atom is -0.480 e. The van der Waals surface area contributed by atoms with Gasteiger partial charge >= 0.3 is 5.97 Å². The van der Waals surface area contributed by atoms with Gasteiger partial charge in [-0.05, 0) is 12.5 Å². The van der Waals surface area contributed by atoms with Gasteiger partial charge in [-0.25, -0.2) is 4.79 Å². The normalized spacial score (nSPS) is 21.5. The summed E-state index contributed by atoms with van der Waals surface area (Å²) in [4.78, 5) is 24.4. The van der Waals surface area contributed by atoms with Gasteiger partial charge in [0, 0.05) is 18.7 Å². The molecule has 2 N–H and O–H groups in total. The number of aliphatic carboxylic acids is 1. The second-order valence-electron chi connectivity index (χ2n) is 5.27. The fourth-order valence-electron chi connectivity index (χ4n) is 2.35. The van der Waals surface area contributed by atoms with Gasteiger partial charge in [0.1, 0.15) is 6.04 Å². The van der Waals surface area contributed by atoms with Gasteiger partial charge in [-0.3, -0.25) is 4.79 Å². The van der Waals surface area contributed by atoms with Crippen LogP contribution in [0.2, 0.25) is 0 Å². The summed E-state index contributed by atoms with van der Waals surface area (Å²) in [6.07, 6.45) is -0.624. The number of β-amino-alcohol motifs (C(OH)–C–C–N with tert-alkyl or cyclic N) is 1. The van der Waals surface area contributed by atoms with E-state index in [0.717, 1.165) is 5.56 Å². The third kappa shape index (κ3) is 4.22. The first-order valence-corrected chi connectivity index (χ1v) is 7.96. The molecule has 0 bridgehead atoms. The van der Waals surface area contributed by atoms with Crippen LogP contribution in [0.1, 0.15) is 17.5 Å². The number of rotatable bonds is 5. The fraction of sp³-hybridized carbons (Fsp3) is 0.467. The maximum atomic E-state index is 12.1. The summed E-state index contributed by atoms with van der Waals surface area (Å²) in [6.45, 7) is 2.13. The zero-order valence-corrected chi connectivity index (χ0v) is 12.7. The largest absolute Gasteiger partial charge is 0.480 e. The van der Waals surface area contributed by atoms with E-state index in [2.05, 4.69) is 0 Å². The highest BCUT2D eigenvalue weighted by molar-refractivity contribution is 7.99. The average molecular weight is 309 g/mol. The number of likely N-dealkylation sites (tertiary alicyclic amines) is 1. The van der Waals surface area contributed by atoms with Crippen molar-refractivity contribution < 1.29 is 19.8 Å². The van der Waals surface area contributed by atoms with Crippen LogP contribution in [0.4, 0.5) is 0 Å². The van der Waals surface area contributed by atoms with Crippen molar-refractivity contribution in [2.75, 3.05) is 12.3 Å². The Kier molecular flexibility index (Phi) is 5.25. The first kappa shape index (κ1) is 15.9. The number of carbonyl (C=O) groups excluding carboxylic acids is 1. The first-order valence-electron chi connectivity index (χ1n) is 6.81. The van der Waals surface area contributed by atoms with Crippen LogP contribution in [0.25, 0.3) is 0 Å². The van der Waals surface area contributed by atoms with Crippen molar-refractivity contribution in [2.45, 2.75) is 31.2 Å². The molecule has 1 amide bonds. The summed E-state index contributed by atoms with van der Waals surface area (Å²) in [5.41, 5.74) is 2.32. The summed E-state index contributed by atoms with van der Waals surface area (Å²) < 4.78 is 0. The lowest BCUT2D eigenvalue weighted by Crippen LogP contribution is -2.41. The summed E-state index contributed by atoms with van der Waals surface area (Å²) in [5.74, 6) is -0.343. The number of aliphatic hydroxyl groups is 1. The lowest BCUT2D eigenvalue weighted by Gasteiger charge is -2.20.